The monoisotopic (exact) mass is 269 g/mol. The van der Waals surface area contributed by atoms with Crippen molar-refractivity contribution in [3.8, 4) is 0 Å². The summed E-state index contributed by atoms with van der Waals surface area (Å²) >= 11 is 3.43. The minimum atomic E-state index is -0.315. The number of aromatic nitrogens is 1. The second-order valence-electron chi connectivity index (χ2n) is 4.46. The van der Waals surface area contributed by atoms with Crippen molar-refractivity contribution >= 4 is 27.0 Å². The Morgan fingerprint density at radius 1 is 1.33 bits per heavy atom. The number of benzene rings is 1. The summed E-state index contributed by atoms with van der Waals surface area (Å²) in [5.41, 5.74) is 1.14. The summed E-state index contributed by atoms with van der Waals surface area (Å²) in [6.45, 7) is 5.92. The van der Waals surface area contributed by atoms with Gasteiger partial charge in [-0.1, -0.05) is 6.07 Å². The first-order valence-corrected chi connectivity index (χ1v) is 5.51. The maximum atomic E-state index is 11.7. The van der Waals surface area contributed by atoms with E-state index in [1.807, 2.05) is 32.9 Å². The van der Waals surface area contributed by atoms with E-state index in [1.165, 1.54) is 0 Å². The third-order valence-corrected chi connectivity index (χ3v) is 2.86. The second-order valence-corrected chi connectivity index (χ2v) is 5.32. The molecule has 0 atom stereocenters. The number of para-hydroxylation sites is 1. The summed E-state index contributed by atoms with van der Waals surface area (Å²) in [6.07, 6.45) is 0. The predicted octanol–water partition coefficient (Wildman–Crippen LogP) is 3.11. The van der Waals surface area contributed by atoms with E-state index in [-0.39, 0.29) is 11.3 Å². The van der Waals surface area contributed by atoms with Crippen molar-refractivity contribution in [2.45, 2.75) is 26.3 Å². The van der Waals surface area contributed by atoms with Crippen molar-refractivity contribution in [1.29, 1.82) is 0 Å². The van der Waals surface area contributed by atoms with Gasteiger partial charge in [0.15, 0.2) is 5.58 Å². The van der Waals surface area contributed by atoms with E-state index in [2.05, 4.69) is 15.9 Å². The molecule has 0 saturated heterocycles. The van der Waals surface area contributed by atoms with Crippen molar-refractivity contribution in [3.63, 3.8) is 0 Å². The van der Waals surface area contributed by atoms with Crippen LogP contribution in [0.3, 0.4) is 0 Å². The predicted molar refractivity (Wildman–Crippen MR) is 63.2 cm³/mol. The normalized spacial score (nSPS) is 12.3. The van der Waals surface area contributed by atoms with Crippen molar-refractivity contribution in [3.05, 3.63) is 33.2 Å². The fraction of sp³-hybridized carbons (Fsp3) is 0.364. The van der Waals surface area contributed by atoms with E-state index < -0.39 is 0 Å². The third-order valence-electron chi connectivity index (χ3n) is 2.22. The summed E-state index contributed by atoms with van der Waals surface area (Å²) in [6, 6.07) is 5.55. The minimum Gasteiger partial charge on any atom is -0.408 e. The summed E-state index contributed by atoms with van der Waals surface area (Å²) in [4.78, 5) is 11.7. The Morgan fingerprint density at radius 2 is 2.00 bits per heavy atom. The van der Waals surface area contributed by atoms with E-state index in [0.29, 0.717) is 5.58 Å². The highest BCUT2D eigenvalue weighted by molar-refractivity contribution is 9.10. The fourth-order valence-corrected chi connectivity index (χ4v) is 2.16. The van der Waals surface area contributed by atoms with Crippen LogP contribution in [0.4, 0.5) is 0 Å². The highest BCUT2D eigenvalue weighted by atomic mass is 79.9. The van der Waals surface area contributed by atoms with Crippen molar-refractivity contribution < 1.29 is 4.42 Å². The molecular weight excluding hydrogens is 258 g/mol. The van der Waals surface area contributed by atoms with Crippen molar-refractivity contribution in [2.75, 3.05) is 0 Å². The lowest BCUT2D eigenvalue weighted by atomic mass is 10.1. The molecule has 2 rings (SSSR count). The smallest absolute Gasteiger partial charge is 0.408 e. The van der Waals surface area contributed by atoms with E-state index in [0.717, 1.165) is 9.99 Å². The molecule has 4 heteroatoms. The van der Waals surface area contributed by atoms with Gasteiger partial charge in [-0.3, -0.25) is 4.57 Å². The van der Waals surface area contributed by atoms with E-state index >= 15 is 0 Å². The van der Waals surface area contributed by atoms with Crippen LogP contribution in [0.2, 0.25) is 0 Å². The van der Waals surface area contributed by atoms with Gasteiger partial charge in [-0.25, -0.2) is 4.79 Å². The van der Waals surface area contributed by atoms with Gasteiger partial charge in [-0.15, -0.1) is 0 Å². The maximum Gasteiger partial charge on any atom is 0.420 e. The minimum absolute atomic E-state index is 0.286. The molecule has 1 aromatic heterocycles. The molecule has 0 spiro atoms. The van der Waals surface area contributed by atoms with Gasteiger partial charge in [0, 0.05) is 10.0 Å². The van der Waals surface area contributed by atoms with Crippen LogP contribution < -0.4 is 5.76 Å². The number of halogens is 1. The van der Waals surface area contributed by atoms with E-state index in [9.17, 15) is 4.79 Å². The lowest BCUT2D eigenvalue weighted by Gasteiger charge is -2.19. The molecule has 0 radical (unpaired) electrons. The molecule has 15 heavy (non-hydrogen) atoms. The third kappa shape index (κ3) is 1.63. The lowest BCUT2D eigenvalue weighted by Crippen LogP contribution is -2.30. The zero-order valence-electron chi connectivity index (χ0n) is 8.87. The van der Waals surface area contributed by atoms with Crippen LogP contribution >= 0.6 is 15.9 Å². The number of rotatable bonds is 0. The molecule has 0 aliphatic rings. The molecule has 0 aliphatic heterocycles. The van der Waals surface area contributed by atoms with Gasteiger partial charge in [0.1, 0.15) is 5.52 Å². The molecule has 3 nitrogen and oxygen atoms in total. The number of nitrogens with zero attached hydrogens (tertiary/aromatic N) is 1. The van der Waals surface area contributed by atoms with Crippen molar-refractivity contribution in [2.24, 2.45) is 0 Å². The number of oxazole rings is 1. The summed E-state index contributed by atoms with van der Waals surface area (Å²) in [5.74, 6) is -0.315. The molecule has 0 amide bonds. The van der Waals surface area contributed by atoms with Crippen LogP contribution in [-0.4, -0.2) is 4.57 Å². The lowest BCUT2D eigenvalue weighted by molar-refractivity contribution is 0.362. The van der Waals surface area contributed by atoms with Gasteiger partial charge >= 0.3 is 5.76 Å². The highest BCUT2D eigenvalue weighted by Crippen LogP contribution is 2.27. The first-order valence-electron chi connectivity index (χ1n) is 4.72. The fourth-order valence-electron chi connectivity index (χ4n) is 1.64. The molecule has 0 aliphatic carbocycles. The molecule has 1 aromatic carbocycles. The van der Waals surface area contributed by atoms with Gasteiger partial charge in [-0.05, 0) is 48.8 Å². The van der Waals surface area contributed by atoms with Gasteiger partial charge in [0.05, 0.1) is 0 Å². The van der Waals surface area contributed by atoms with E-state index in [4.69, 9.17) is 4.42 Å². The number of fused-ring (bicyclic) bond motifs is 1. The average Bonchev–Trinajstić information content (AvgIpc) is 2.41. The Bertz CT molecular complexity index is 560. The Hall–Kier alpha value is -1.03. The van der Waals surface area contributed by atoms with Crippen LogP contribution in [0.1, 0.15) is 20.8 Å². The molecule has 0 unspecified atom stereocenters. The SMILES string of the molecule is CC(C)(C)n1c(=O)oc2cccc(Br)c21. The van der Waals surface area contributed by atoms with Crippen LogP contribution in [0.25, 0.3) is 11.1 Å². The zero-order chi connectivity index (χ0) is 11.2. The molecule has 0 bridgehead atoms. The first-order chi connectivity index (χ1) is 6.91. The maximum absolute atomic E-state index is 11.7. The van der Waals surface area contributed by atoms with E-state index in [1.54, 1.807) is 10.6 Å². The van der Waals surface area contributed by atoms with Crippen LogP contribution in [0.15, 0.2) is 31.9 Å². The zero-order valence-corrected chi connectivity index (χ0v) is 10.5. The molecule has 0 fully saturated rings. The summed E-state index contributed by atoms with van der Waals surface area (Å²) < 4.78 is 7.72. The first kappa shape index (κ1) is 10.5. The van der Waals surface area contributed by atoms with Gasteiger partial charge < -0.3 is 4.42 Å². The van der Waals surface area contributed by atoms with Crippen LogP contribution in [-0.2, 0) is 5.54 Å². The standard InChI is InChI=1S/C11H12BrNO2/c1-11(2,3)13-9-7(12)5-4-6-8(9)15-10(13)14/h4-6H,1-3H3. The van der Waals surface area contributed by atoms with Crippen LogP contribution in [0, 0.1) is 0 Å². The Kier molecular flexibility index (Phi) is 2.26. The summed E-state index contributed by atoms with van der Waals surface area (Å²) in [7, 11) is 0. The second kappa shape index (κ2) is 3.23. The average molecular weight is 270 g/mol. The molecule has 0 N–H and O–H groups in total. The van der Waals surface area contributed by atoms with Gasteiger partial charge in [-0.2, -0.15) is 0 Å². The molecule has 80 valence electrons. The molecular formula is C11H12BrNO2. The number of hydrogen-bond donors (Lipinski definition) is 0. The van der Waals surface area contributed by atoms with Crippen LogP contribution in [0.5, 0.6) is 0 Å². The Balaban J connectivity index is 2.96. The quantitative estimate of drug-likeness (QED) is 0.737. The Labute approximate surface area is 95.8 Å². The van der Waals surface area contributed by atoms with Crippen molar-refractivity contribution in [1.82, 2.24) is 4.57 Å². The molecule has 2 aromatic rings. The topological polar surface area (TPSA) is 35.1 Å². The molecule has 1 heterocycles. The van der Waals surface area contributed by atoms with Gasteiger partial charge in [0.25, 0.3) is 0 Å². The molecule has 0 saturated carbocycles. The van der Waals surface area contributed by atoms with Gasteiger partial charge in [0.2, 0.25) is 0 Å². The Morgan fingerprint density at radius 3 is 2.60 bits per heavy atom. The largest absolute Gasteiger partial charge is 0.420 e. The highest BCUT2D eigenvalue weighted by Gasteiger charge is 2.22. The summed E-state index contributed by atoms with van der Waals surface area (Å²) in [5, 5.41) is 0. The number of hydrogen-bond acceptors (Lipinski definition) is 2.